The Kier molecular flexibility index (Phi) is 4.37. The van der Waals surface area contributed by atoms with Gasteiger partial charge < -0.3 is 15.4 Å². The fourth-order valence-electron chi connectivity index (χ4n) is 2.56. The van der Waals surface area contributed by atoms with E-state index in [9.17, 15) is 9.59 Å². The van der Waals surface area contributed by atoms with E-state index in [0.29, 0.717) is 18.5 Å². The summed E-state index contributed by atoms with van der Waals surface area (Å²) in [6.45, 7) is 3.16. The molecule has 0 aromatic heterocycles. The maximum atomic E-state index is 11.9. The van der Waals surface area contributed by atoms with Crippen molar-refractivity contribution < 1.29 is 14.3 Å². The lowest BCUT2D eigenvalue weighted by atomic mass is 9.92. The average molecular weight is 272 g/mol. The molecule has 2 aliphatic rings. The first-order valence-corrected chi connectivity index (χ1v) is 7.46. The second-order valence-electron chi connectivity index (χ2n) is 4.87. The normalized spacial score (nSPS) is 29.9. The van der Waals surface area contributed by atoms with Gasteiger partial charge in [-0.15, -0.1) is 11.8 Å². The van der Waals surface area contributed by atoms with Crippen molar-refractivity contribution in [2.75, 3.05) is 13.2 Å². The van der Waals surface area contributed by atoms with Crippen molar-refractivity contribution in [3.8, 4) is 0 Å². The highest BCUT2D eigenvalue weighted by Crippen LogP contribution is 2.45. The zero-order valence-corrected chi connectivity index (χ0v) is 11.4. The van der Waals surface area contributed by atoms with Crippen LogP contribution in [-0.2, 0) is 9.53 Å². The number of nitrogens with two attached hydrogens (primary N) is 1. The third-order valence-electron chi connectivity index (χ3n) is 3.51. The van der Waals surface area contributed by atoms with Crippen molar-refractivity contribution in [1.29, 1.82) is 0 Å². The minimum Gasteiger partial charge on any atom is -0.448 e. The summed E-state index contributed by atoms with van der Waals surface area (Å²) in [5.74, 6) is 0.449. The van der Waals surface area contributed by atoms with E-state index in [1.807, 2.05) is 4.90 Å². The van der Waals surface area contributed by atoms with Gasteiger partial charge >= 0.3 is 6.09 Å². The highest BCUT2D eigenvalue weighted by molar-refractivity contribution is 8.00. The summed E-state index contributed by atoms with van der Waals surface area (Å²) < 4.78 is 4.80. The molecule has 18 heavy (non-hydrogen) atoms. The fourth-order valence-corrected chi connectivity index (χ4v) is 4.13. The minimum atomic E-state index is -0.740. The number of thioether (sulfide) groups is 1. The fraction of sp³-hybridized carbons (Fsp3) is 0.833. The molecule has 6 heteroatoms. The molecular weight excluding hydrogens is 252 g/mol. The molecule has 2 saturated heterocycles. The van der Waals surface area contributed by atoms with E-state index in [1.165, 1.54) is 12.8 Å². The molecule has 5 nitrogen and oxygen atoms in total. The lowest BCUT2D eigenvalue weighted by Crippen LogP contribution is -2.56. The van der Waals surface area contributed by atoms with E-state index < -0.39 is 6.09 Å². The number of hydrogen-bond acceptors (Lipinski definition) is 4. The van der Waals surface area contributed by atoms with Crippen molar-refractivity contribution in [2.24, 2.45) is 11.7 Å². The van der Waals surface area contributed by atoms with Gasteiger partial charge in [-0.2, -0.15) is 0 Å². The maximum Gasteiger partial charge on any atom is 0.404 e. The van der Waals surface area contributed by atoms with Crippen LogP contribution in [0.4, 0.5) is 4.79 Å². The number of primary amides is 1. The number of amides is 2. The lowest BCUT2D eigenvalue weighted by molar-refractivity contribution is -0.149. The number of unbranched alkanes of at least 4 members (excludes halogenated alkanes) is 2. The molecule has 0 spiro atoms. The van der Waals surface area contributed by atoms with Crippen molar-refractivity contribution in [1.82, 2.24) is 4.90 Å². The number of carbonyl (C=O) groups is 2. The maximum absolute atomic E-state index is 11.9. The van der Waals surface area contributed by atoms with Crippen LogP contribution in [-0.4, -0.2) is 40.7 Å². The van der Waals surface area contributed by atoms with Crippen LogP contribution in [0.15, 0.2) is 0 Å². The van der Waals surface area contributed by atoms with Gasteiger partial charge in [0.2, 0.25) is 5.91 Å². The van der Waals surface area contributed by atoms with Gasteiger partial charge in [0, 0.05) is 6.54 Å². The van der Waals surface area contributed by atoms with Crippen molar-refractivity contribution in [2.45, 2.75) is 43.2 Å². The van der Waals surface area contributed by atoms with Gasteiger partial charge in [-0.05, 0) is 6.42 Å². The van der Waals surface area contributed by atoms with Gasteiger partial charge in [-0.1, -0.05) is 26.2 Å². The molecule has 2 unspecified atom stereocenters. The minimum absolute atomic E-state index is 0.181. The molecule has 102 valence electrons. The average Bonchev–Trinajstić information content (AvgIpc) is 2.72. The summed E-state index contributed by atoms with van der Waals surface area (Å²) in [6.07, 6.45) is 3.74. The highest BCUT2D eigenvalue weighted by Gasteiger charge is 2.52. The first-order valence-electron chi connectivity index (χ1n) is 6.51. The number of nitrogens with zero attached hydrogens (tertiary/aromatic N) is 1. The quantitative estimate of drug-likeness (QED) is 0.588. The Morgan fingerprint density at radius 2 is 2.33 bits per heavy atom. The number of β-lactam (4-membered cyclic amide) rings is 1. The third-order valence-corrected chi connectivity index (χ3v) is 5.05. The summed E-state index contributed by atoms with van der Waals surface area (Å²) >= 11 is 1.74. The molecule has 0 aliphatic carbocycles. The Morgan fingerprint density at radius 1 is 1.56 bits per heavy atom. The highest BCUT2D eigenvalue weighted by atomic mass is 32.2. The zero-order valence-electron chi connectivity index (χ0n) is 10.6. The number of hydrogen-bond donors (Lipinski definition) is 1. The Hall–Kier alpha value is -0.910. The second-order valence-corrected chi connectivity index (χ2v) is 6.29. The third kappa shape index (κ3) is 2.74. The van der Waals surface area contributed by atoms with Crippen LogP contribution in [0.1, 0.15) is 32.6 Å². The molecule has 2 fully saturated rings. The second kappa shape index (κ2) is 5.82. The zero-order chi connectivity index (χ0) is 13.1. The monoisotopic (exact) mass is 272 g/mol. The molecule has 0 radical (unpaired) electrons. The van der Waals surface area contributed by atoms with Gasteiger partial charge in [-0.3, -0.25) is 4.79 Å². The van der Waals surface area contributed by atoms with Gasteiger partial charge in [0.25, 0.3) is 0 Å². The summed E-state index contributed by atoms with van der Waals surface area (Å²) in [5, 5.41) is 0.485. The Bertz CT molecular complexity index is 337. The van der Waals surface area contributed by atoms with Gasteiger partial charge in [-0.25, -0.2) is 4.79 Å². The Labute approximate surface area is 111 Å². The predicted molar refractivity (Wildman–Crippen MR) is 70.0 cm³/mol. The van der Waals surface area contributed by atoms with Crippen LogP contribution >= 0.6 is 11.8 Å². The smallest absolute Gasteiger partial charge is 0.404 e. The van der Waals surface area contributed by atoms with Crippen molar-refractivity contribution in [3.05, 3.63) is 0 Å². The van der Waals surface area contributed by atoms with Gasteiger partial charge in [0.05, 0.1) is 16.5 Å². The molecule has 3 atom stereocenters. The SMILES string of the molecule is CCCCCC1C(=O)N2CC(COC(N)=O)S[C@H]12. The van der Waals surface area contributed by atoms with E-state index in [4.69, 9.17) is 10.5 Å². The molecule has 0 bridgehead atoms. The van der Waals surface area contributed by atoms with E-state index >= 15 is 0 Å². The van der Waals surface area contributed by atoms with Crippen LogP contribution in [0.5, 0.6) is 0 Å². The molecule has 0 aromatic rings. The van der Waals surface area contributed by atoms with Crippen LogP contribution in [0.3, 0.4) is 0 Å². The topological polar surface area (TPSA) is 72.6 Å². The first kappa shape index (κ1) is 13.5. The van der Waals surface area contributed by atoms with E-state index in [0.717, 1.165) is 12.8 Å². The standard InChI is InChI=1S/C12H20N2O3S/c1-2-3-4-5-9-10(15)14-6-8(18-11(9)14)7-17-12(13)16/h8-9,11H,2-7H2,1H3,(H2,13,16)/t8?,9?,11-/m1/s1. The molecule has 2 aliphatic heterocycles. The molecule has 2 N–H and O–H groups in total. The Balaban J connectivity index is 1.76. The first-order chi connectivity index (χ1) is 8.63. The summed E-state index contributed by atoms with van der Waals surface area (Å²) in [4.78, 5) is 24.3. The van der Waals surface area contributed by atoms with Gasteiger partial charge in [0.1, 0.15) is 6.61 Å². The van der Waals surface area contributed by atoms with Crippen LogP contribution < -0.4 is 5.73 Å². The molecule has 2 heterocycles. The summed E-state index contributed by atoms with van der Waals surface area (Å²) in [5.41, 5.74) is 4.94. The largest absolute Gasteiger partial charge is 0.448 e. The van der Waals surface area contributed by atoms with Crippen molar-refractivity contribution in [3.63, 3.8) is 0 Å². The number of carbonyl (C=O) groups excluding carboxylic acids is 2. The summed E-state index contributed by atoms with van der Waals surface area (Å²) in [7, 11) is 0. The van der Waals surface area contributed by atoms with Crippen LogP contribution in [0.2, 0.25) is 0 Å². The van der Waals surface area contributed by atoms with Crippen LogP contribution in [0.25, 0.3) is 0 Å². The molecule has 0 aromatic carbocycles. The summed E-state index contributed by atoms with van der Waals surface area (Å²) in [6, 6.07) is 0. The lowest BCUT2D eigenvalue weighted by Gasteiger charge is -2.41. The van der Waals surface area contributed by atoms with E-state index in [1.54, 1.807) is 11.8 Å². The number of fused-ring (bicyclic) bond motifs is 1. The number of rotatable bonds is 6. The molecule has 2 amide bonds. The predicted octanol–water partition coefficient (Wildman–Crippen LogP) is 1.56. The molecule has 2 rings (SSSR count). The van der Waals surface area contributed by atoms with Crippen LogP contribution in [0, 0.1) is 5.92 Å². The molecule has 0 saturated carbocycles. The number of ether oxygens (including phenoxy) is 1. The Morgan fingerprint density at radius 3 is 3.00 bits per heavy atom. The van der Waals surface area contributed by atoms with E-state index in [2.05, 4.69) is 6.92 Å². The van der Waals surface area contributed by atoms with E-state index in [-0.39, 0.29) is 17.1 Å². The van der Waals surface area contributed by atoms with Crippen molar-refractivity contribution >= 4 is 23.8 Å². The molecular formula is C12H20N2O3S. The van der Waals surface area contributed by atoms with Gasteiger partial charge in [0.15, 0.2) is 0 Å².